The van der Waals surface area contributed by atoms with Gasteiger partial charge < -0.3 is 11.2 Å². The third kappa shape index (κ3) is 4.76. The highest BCUT2D eigenvalue weighted by atomic mass is 32.2. The Hall–Kier alpha value is -2.48. The Kier molecular flexibility index (Phi) is 5.60. The summed E-state index contributed by atoms with van der Waals surface area (Å²) >= 11 is 1.19. The summed E-state index contributed by atoms with van der Waals surface area (Å²) in [7, 11) is 0. The number of urea groups is 1. The minimum atomic E-state index is -0.432. The number of nitrogens with zero attached hydrogens (tertiary/aromatic N) is 2. The molecule has 3 amide bonds. The van der Waals surface area contributed by atoms with Gasteiger partial charge in [0.05, 0.1) is 17.6 Å². The number of nitrogens with one attached hydrogen (secondary N) is 2. The van der Waals surface area contributed by atoms with Crippen LogP contribution < -0.4 is 16.5 Å². The first-order valence-electron chi connectivity index (χ1n) is 8.25. The minimum absolute atomic E-state index is 0.0700. The molecule has 1 aliphatic carbocycles. The van der Waals surface area contributed by atoms with Gasteiger partial charge in [0.2, 0.25) is 5.91 Å². The maximum absolute atomic E-state index is 11.9. The topological polar surface area (TPSA) is 102 Å². The molecular formula is C17H21N5O2S. The quantitative estimate of drug-likeness (QED) is 0.561. The van der Waals surface area contributed by atoms with E-state index in [1.165, 1.54) is 16.4 Å². The summed E-state index contributed by atoms with van der Waals surface area (Å²) in [5, 5.41) is 5.69. The number of amides is 3. The largest absolute Gasteiger partial charge is 0.337 e. The number of aromatic nitrogens is 2. The smallest absolute Gasteiger partial charge is 0.321 e. The van der Waals surface area contributed by atoms with E-state index in [0.717, 1.165) is 36.9 Å². The van der Waals surface area contributed by atoms with Crippen molar-refractivity contribution < 1.29 is 9.59 Å². The highest BCUT2D eigenvalue weighted by Crippen LogP contribution is 2.22. The molecule has 1 aliphatic rings. The van der Waals surface area contributed by atoms with Gasteiger partial charge in [-0.1, -0.05) is 54.9 Å². The number of hydrogen-bond acceptors (Lipinski definition) is 5. The Bertz CT molecular complexity index is 741. The summed E-state index contributed by atoms with van der Waals surface area (Å²) < 4.78 is 1.39. The molecule has 0 spiro atoms. The van der Waals surface area contributed by atoms with Gasteiger partial charge in [-0.15, -0.1) is 0 Å². The van der Waals surface area contributed by atoms with Gasteiger partial charge in [0, 0.05) is 11.6 Å². The van der Waals surface area contributed by atoms with Crippen LogP contribution >= 0.6 is 11.8 Å². The maximum Gasteiger partial charge on any atom is 0.321 e. The predicted molar refractivity (Wildman–Crippen MR) is 97.5 cm³/mol. The molecular weight excluding hydrogens is 338 g/mol. The molecule has 0 atom stereocenters. The normalized spacial score (nSPS) is 14.4. The zero-order valence-electron chi connectivity index (χ0n) is 13.8. The average Bonchev–Trinajstić information content (AvgIpc) is 3.23. The minimum Gasteiger partial charge on any atom is -0.337 e. The molecule has 1 aromatic carbocycles. The first-order chi connectivity index (χ1) is 12.1. The molecule has 25 heavy (non-hydrogen) atoms. The van der Waals surface area contributed by atoms with Crippen LogP contribution in [0.1, 0.15) is 25.7 Å². The molecule has 3 rings (SSSR count). The van der Waals surface area contributed by atoms with Crippen LogP contribution in [-0.2, 0) is 4.79 Å². The fourth-order valence-electron chi connectivity index (χ4n) is 2.82. The molecule has 0 unspecified atom stereocenters. The molecule has 0 aliphatic heterocycles. The van der Waals surface area contributed by atoms with Gasteiger partial charge in [-0.3, -0.25) is 10.1 Å². The number of carbonyl (C=O) groups excluding carboxylic acids is 2. The van der Waals surface area contributed by atoms with Crippen LogP contribution in [0.2, 0.25) is 0 Å². The Morgan fingerprint density at radius 3 is 2.68 bits per heavy atom. The molecule has 7 nitrogen and oxygen atoms in total. The highest BCUT2D eigenvalue weighted by molar-refractivity contribution is 7.99. The maximum atomic E-state index is 11.9. The van der Waals surface area contributed by atoms with E-state index in [1.54, 1.807) is 6.20 Å². The van der Waals surface area contributed by atoms with Crippen LogP contribution in [0.4, 0.5) is 4.79 Å². The third-order valence-electron chi connectivity index (χ3n) is 4.04. The van der Waals surface area contributed by atoms with Crippen molar-refractivity contribution in [3.05, 3.63) is 36.5 Å². The van der Waals surface area contributed by atoms with Crippen molar-refractivity contribution in [3.63, 3.8) is 0 Å². The van der Waals surface area contributed by atoms with E-state index >= 15 is 0 Å². The number of carbonyl (C=O) groups is 2. The van der Waals surface area contributed by atoms with E-state index < -0.39 is 6.03 Å². The number of thioether (sulfide) groups is 1. The van der Waals surface area contributed by atoms with Gasteiger partial charge >= 0.3 is 6.03 Å². The fourth-order valence-corrected chi connectivity index (χ4v) is 3.51. The summed E-state index contributed by atoms with van der Waals surface area (Å²) in [5.41, 5.74) is 1.69. The molecule has 8 heteroatoms. The van der Waals surface area contributed by atoms with Crippen LogP contribution in [0.3, 0.4) is 0 Å². The van der Waals surface area contributed by atoms with Gasteiger partial charge in [-0.2, -0.15) is 0 Å². The van der Waals surface area contributed by atoms with Crippen molar-refractivity contribution in [1.29, 1.82) is 0 Å². The van der Waals surface area contributed by atoms with E-state index in [2.05, 4.69) is 15.6 Å². The van der Waals surface area contributed by atoms with Crippen molar-refractivity contribution in [2.75, 3.05) is 11.6 Å². The lowest BCUT2D eigenvalue weighted by atomic mass is 10.2. The summed E-state index contributed by atoms with van der Waals surface area (Å²) in [6.45, 7) is 0. The van der Waals surface area contributed by atoms with E-state index in [4.69, 9.17) is 5.84 Å². The lowest BCUT2D eigenvalue weighted by Crippen LogP contribution is -2.44. The second-order valence-corrected chi connectivity index (χ2v) is 6.92. The van der Waals surface area contributed by atoms with Crippen molar-refractivity contribution in [2.24, 2.45) is 0 Å². The molecule has 0 radical (unpaired) electrons. The Balaban J connectivity index is 1.50. The molecule has 0 bridgehead atoms. The molecule has 2 aromatic rings. The predicted octanol–water partition coefficient (Wildman–Crippen LogP) is 2.12. The molecule has 4 N–H and O–H groups in total. The Labute approximate surface area is 150 Å². The first-order valence-corrected chi connectivity index (χ1v) is 9.23. The van der Waals surface area contributed by atoms with Gasteiger partial charge in [0.15, 0.2) is 5.16 Å². The Morgan fingerprint density at radius 2 is 1.96 bits per heavy atom. The van der Waals surface area contributed by atoms with Crippen LogP contribution in [0.15, 0.2) is 41.7 Å². The standard InChI is InChI=1S/C17H21N5O2S/c18-22-10-14(12-6-2-1-3-7-12)20-17(22)25-11-15(23)21-16(24)19-13-8-4-5-9-13/h1-3,6-7,10,13H,4-5,8-9,11,18H2,(H2,19,21,23,24). The number of hydrogen-bond donors (Lipinski definition) is 3. The molecule has 1 fully saturated rings. The van der Waals surface area contributed by atoms with Crippen LogP contribution in [-0.4, -0.2) is 33.4 Å². The highest BCUT2D eigenvalue weighted by Gasteiger charge is 2.18. The average molecular weight is 359 g/mol. The molecule has 1 heterocycles. The van der Waals surface area contributed by atoms with Crippen molar-refractivity contribution in [2.45, 2.75) is 36.9 Å². The monoisotopic (exact) mass is 359 g/mol. The second kappa shape index (κ2) is 8.06. The van der Waals surface area contributed by atoms with Gasteiger partial charge in [-0.25, -0.2) is 14.5 Å². The fraction of sp³-hybridized carbons (Fsp3) is 0.353. The van der Waals surface area contributed by atoms with Crippen LogP contribution in [0.25, 0.3) is 11.3 Å². The summed E-state index contributed by atoms with van der Waals surface area (Å²) in [4.78, 5) is 28.1. The van der Waals surface area contributed by atoms with Crippen molar-refractivity contribution >= 4 is 23.7 Å². The number of rotatable bonds is 5. The van der Waals surface area contributed by atoms with E-state index in [-0.39, 0.29) is 17.7 Å². The van der Waals surface area contributed by atoms with Crippen molar-refractivity contribution in [1.82, 2.24) is 20.3 Å². The van der Waals surface area contributed by atoms with Gasteiger partial charge in [0.1, 0.15) is 0 Å². The van der Waals surface area contributed by atoms with Crippen molar-refractivity contribution in [3.8, 4) is 11.3 Å². The molecule has 132 valence electrons. The summed E-state index contributed by atoms with van der Waals surface area (Å²) in [6, 6.07) is 9.41. The van der Waals surface area contributed by atoms with Crippen LogP contribution in [0.5, 0.6) is 0 Å². The summed E-state index contributed by atoms with van der Waals surface area (Å²) in [5.74, 6) is 5.60. The second-order valence-electron chi connectivity index (χ2n) is 5.97. The summed E-state index contributed by atoms with van der Waals surface area (Å²) in [6.07, 6.45) is 5.91. The van der Waals surface area contributed by atoms with Gasteiger partial charge in [-0.05, 0) is 12.8 Å². The lowest BCUT2D eigenvalue weighted by molar-refractivity contribution is -0.117. The molecule has 0 saturated heterocycles. The van der Waals surface area contributed by atoms with Gasteiger partial charge in [0.25, 0.3) is 0 Å². The van der Waals surface area contributed by atoms with Crippen LogP contribution in [0, 0.1) is 0 Å². The zero-order valence-corrected chi connectivity index (χ0v) is 14.6. The number of imide groups is 1. The van der Waals surface area contributed by atoms with E-state index in [0.29, 0.717) is 5.16 Å². The first kappa shape index (κ1) is 17.3. The molecule has 1 aromatic heterocycles. The van der Waals surface area contributed by atoms with E-state index in [9.17, 15) is 9.59 Å². The number of imidazole rings is 1. The number of benzene rings is 1. The Morgan fingerprint density at radius 1 is 1.24 bits per heavy atom. The third-order valence-corrected chi connectivity index (χ3v) is 5.01. The number of nitrogens with two attached hydrogens (primary N) is 1. The molecule has 1 saturated carbocycles. The lowest BCUT2D eigenvalue weighted by Gasteiger charge is -2.11. The number of nitrogen functional groups attached to an aromatic ring is 1. The zero-order chi connectivity index (χ0) is 17.6. The van der Waals surface area contributed by atoms with E-state index in [1.807, 2.05) is 30.3 Å². The SMILES string of the molecule is Nn1cc(-c2ccccc2)nc1SCC(=O)NC(=O)NC1CCCC1.